The van der Waals surface area contributed by atoms with Crippen molar-refractivity contribution in [3.63, 3.8) is 0 Å². The number of hydrogen-bond acceptors (Lipinski definition) is 3. The van der Waals surface area contributed by atoms with Crippen molar-refractivity contribution >= 4 is 0 Å². The molecule has 6 heteroatoms. The van der Waals surface area contributed by atoms with Crippen LogP contribution in [0.25, 0.3) is 0 Å². The molecule has 0 aromatic heterocycles. The van der Waals surface area contributed by atoms with Crippen LogP contribution in [-0.2, 0) is 9.47 Å². The van der Waals surface area contributed by atoms with Gasteiger partial charge in [0, 0.05) is 25.2 Å². The third-order valence-corrected chi connectivity index (χ3v) is 3.58. The molecule has 0 heterocycles. The summed E-state index contributed by atoms with van der Waals surface area (Å²) in [6.07, 6.45) is -2.43. The Morgan fingerprint density at radius 3 is 2.50 bits per heavy atom. The van der Waals surface area contributed by atoms with Gasteiger partial charge in [-0.15, -0.1) is 0 Å². The SMILES string of the molecule is COC1CC(NCCCOCC(F)(F)F)C1(C)C. The number of ether oxygens (including phenoxy) is 2. The van der Waals surface area contributed by atoms with Gasteiger partial charge in [0.25, 0.3) is 0 Å². The first-order valence-corrected chi connectivity index (χ1v) is 6.18. The first kappa shape index (κ1) is 15.7. The number of nitrogens with one attached hydrogen (secondary N) is 1. The molecule has 0 spiro atoms. The second-order valence-electron chi connectivity index (χ2n) is 5.31. The highest BCUT2D eigenvalue weighted by atomic mass is 19.4. The third-order valence-electron chi connectivity index (χ3n) is 3.58. The Morgan fingerprint density at radius 2 is 2.00 bits per heavy atom. The maximum absolute atomic E-state index is 11.8. The summed E-state index contributed by atoms with van der Waals surface area (Å²) in [5.41, 5.74) is 0.0849. The summed E-state index contributed by atoms with van der Waals surface area (Å²) in [6, 6.07) is 0.366. The zero-order valence-corrected chi connectivity index (χ0v) is 11.1. The van der Waals surface area contributed by atoms with Crippen LogP contribution in [0.2, 0.25) is 0 Å². The Bertz CT molecular complexity index is 256. The van der Waals surface area contributed by atoms with Crippen molar-refractivity contribution in [3.05, 3.63) is 0 Å². The average molecular weight is 269 g/mol. The molecule has 0 radical (unpaired) electrons. The van der Waals surface area contributed by atoms with Crippen LogP contribution in [0.15, 0.2) is 0 Å². The maximum Gasteiger partial charge on any atom is 0.411 e. The number of halogens is 3. The quantitative estimate of drug-likeness (QED) is 0.720. The van der Waals surface area contributed by atoms with Crippen molar-refractivity contribution in [3.8, 4) is 0 Å². The van der Waals surface area contributed by atoms with Gasteiger partial charge in [-0.2, -0.15) is 13.2 Å². The number of methoxy groups -OCH3 is 1. The fourth-order valence-electron chi connectivity index (χ4n) is 2.27. The third kappa shape index (κ3) is 4.40. The van der Waals surface area contributed by atoms with E-state index in [1.807, 2.05) is 0 Å². The Labute approximate surface area is 106 Å². The highest BCUT2D eigenvalue weighted by Gasteiger charge is 2.47. The van der Waals surface area contributed by atoms with Crippen molar-refractivity contribution < 1.29 is 22.6 Å². The Morgan fingerprint density at radius 1 is 1.33 bits per heavy atom. The monoisotopic (exact) mass is 269 g/mol. The van der Waals surface area contributed by atoms with Gasteiger partial charge in [-0.05, 0) is 19.4 Å². The van der Waals surface area contributed by atoms with Crippen molar-refractivity contribution in [2.45, 2.75) is 45.0 Å². The van der Waals surface area contributed by atoms with Crippen LogP contribution in [-0.4, -0.2) is 45.2 Å². The summed E-state index contributed by atoms with van der Waals surface area (Å²) < 4.78 is 45.2. The van der Waals surface area contributed by atoms with Gasteiger partial charge in [0.15, 0.2) is 0 Å². The molecule has 2 atom stereocenters. The molecule has 108 valence electrons. The minimum atomic E-state index is -4.23. The van der Waals surface area contributed by atoms with E-state index in [1.165, 1.54) is 0 Å². The van der Waals surface area contributed by atoms with Gasteiger partial charge in [0.1, 0.15) is 6.61 Å². The largest absolute Gasteiger partial charge is 0.411 e. The second kappa shape index (κ2) is 6.21. The molecule has 0 aromatic carbocycles. The van der Waals surface area contributed by atoms with Gasteiger partial charge in [0.2, 0.25) is 0 Å². The standard InChI is InChI=1S/C12H22F3NO2/c1-11(2)9(7-10(11)17-3)16-5-4-6-18-8-12(13,14)15/h9-10,16H,4-8H2,1-3H3. The van der Waals surface area contributed by atoms with Crippen molar-refractivity contribution in [2.24, 2.45) is 5.41 Å². The molecule has 0 aromatic rings. The van der Waals surface area contributed by atoms with Crippen LogP contribution >= 0.6 is 0 Å². The first-order valence-electron chi connectivity index (χ1n) is 6.18. The molecule has 0 saturated heterocycles. The van der Waals surface area contributed by atoms with Gasteiger partial charge in [0.05, 0.1) is 6.10 Å². The molecular weight excluding hydrogens is 247 g/mol. The molecule has 1 aliphatic carbocycles. The van der Waals surface area contributed by atoms with Gasteiger partial charge < -0.3 is 14.8 Å². The lowest BCUT2D eigenvalue weighted by Crippen LogP contribution is -2.60. The predicted octanol–water partition coefficient (Wildman–Crippen LogP) is 2.36. The van der Waals surface area contributed by atoms with E-state index in [0.29, 0.717) is 19.0 Å². The topological polar surface area (TPSA) is 30.5 Å². The minimum Gasteiger partial charge on any atom is -0.381 e. The zero-order chi connectivity index (χ0) is 13.8. The van der Waals surface area contributed by atoms with E-state index < -0.39 is 12.8 Å². The van der Waals surface area contributed by atoms with Crippen LogP contribution < -0.4 is 5.32 Å². The van der Waals surface area contributed by atoms with Crippen LogP contribution in [0.1, 0.15) is 26.7 Å². The predicted molar refractivity (Wildman–Crippen MR) is 62.5 cm³/mol. The lowest BCUT2D eigenvalue weighted by atomic mass is 9.64. The molecule has 0 amide bonds. The van der Waals surface area contributed by atoms with Crippen LogP contribution in [0, 0.1) is 5.41 Å². The highest BCUT2D eigenvalue weighted by molar-refractivity contribution is 5.02. The summed E-state index contributed by atoms with van der Waals surface area (Å²) in [5, 5.41) is 3.33. The Hall–Kier alpha value is -0.330. The van der Waals surface area contributed by atoms with E-state index in [-0.39, 0.29) is 18.1 Å². The molecular formula is C12H22F3NO2. The molecule has 1 fully saturated rings. The van der Waals surface area contributed by atoms with Crippen molar-refractivity contribution in [1.29, 1.82) is 0 Å². The van der Waals surface area contributed by atoms with Gasteiger partial charge in [-0.25, -0.2) is 0 Å². The number of rotatable bonds is 7. The lowest BCUT2D eigenvalue weighted by Gasteiger charge is -2.51. The lowest BCUT2D eigenvalue weighted by molar-refractivity contribution is -0.174. The summed E-state index contributed by atoms with van der Waals surface area (Å²) in [5.74, 6) is 0. The summed E-state index contributed by atoms with van der Waals surface area (Å²) in [6.45, 7) is 3.90. The van der Waals surface area contributed by atoms with E-state index in [0.717, 1.165) is 6.42 Å². The molecule has 1 saturated carbocycles. The molecule has 0 bridgehead atoms. The molecule has 18 heavy (non-hydrogen) atoms. The van der Waals surface area contributed by atoms with E-state index in [9.17, 15) is 13.2 Å². The molecule has 1 N–H and O–H groups in total. The number of alkyl halides is 3. The summed E-state index contributed by atoms with van der Waals surface area (Å²) in [4.78, 5) is 0. The summed E-state index contributed by atoms with van der Waals surface area (Å²) in [7, 11) is 1.70. The maximum atomic E-state index is 11.8. The fourth-order valence-corrected chi connectivity index (χ4v) is 2.27. The van der Waals surface area contributed by atoms with Crippen LogP contribution in [0.5, 0.6) is 0 Å². The van der Waals surface area contributed by atoms with Crippen molar-refractivity contribution in [2.75, 3.05) is 26.9 Å². The van der Waals surface area contributed by atoms with E-state index in [4.69, 9.17) is 4.74 Å². The molecule has 3 nitrogen and oxygen atoms in total. The zero-order valence-electron chi connectivity index (χ0n) is 11.1. The van der Waals surface area contributed by atoms with E-state index >= 15 is 0 Å². The van der Waals surface area contributed by atoms with Gasteiger partial charge >= 0.3 is 6.18 Å². The Kier molecular flexibility index (Phi) is 5.43. The normalized spacial score (nSPS) is 27.0. The van der Waals surface area contributed by atoms with E-state index in [2.05, 4.69) is 23.9 Å². The van der Waals surface area contributed by atoms with Crippen LogP contribution in [0.4, 0.5) is 13.2 Å². The van der Waals surface area contributed by atoms with Gasteiger partial charge in [-0.3, -0.25) is 0 Å². The molecule has 0 aliphatic heterocycles. The van der Waals surface area contributed by atoms with Gasteiger partial charge in [-0.1, -0.05) is 13.8 Å². The molecule has 2 unspecified atom stereocenters. The smallest absolute Gasteiger partial charge is 0.381 e. The Balaban J connectivity index is 2.03. The van der Waals surface area contributed by atoms with Crippen LogP contribution in [0.3, 0.4) is 0 Å². The average Bonchev–Trinajstić information content (AvgIpc) is 2.24. The first-order chi connectivity index (χ1) is 8.27. The number of hydrogen-bond donors (Lipinski definition) is 1. The van der Waals surface area contributed by atoms with E-state index in [1.54, 1.807) is 7.11 Å². The molecule has 1 aliphatic rings. The van der Waals surface area contributed by atoms with Crippen molar-refractivity contribution in [1.82, 2.24) is 5.32 Å². The highest BCUT2D eigenvalue weighted by Crippen LogP contribution is 2.42. The fraction of sp³-hybridized carbons (Fsp3) is 1.00. The minimum absolute atomic E-state index is 0.0849. The second-order valence-corrected chi connectivity index (χ2v) is 5.31. The molecule has 1 rings (SSSR count). The summed E-state index contributed by atoms with van der Waals surface area (Å²) >= 11 is 0.